The number of hydrogen-bond acceptors (Lipinski definition) is 2. The minimum Gasteiger partial charge on any atom is -0.480 e. The van der Waals surface area contributed by atoms with Crippen molar-refractivity contribution in [1.29, 1.82) is 0 Å². The van der Waals surface area contributed by atoms with Gasteiger partial charge in [0.2, 0.25) is 0 Å². The van der Waals surface area contributed by atoms with Crippen molar-refractivity contribution < 1.29 is 9.90 Å². The van der Waals surface area contributed by atoms with Crippen LogP contribution >= 0.6 is 0 Å². The first-order valence-electron chi connectivity index (χ1n) is 12.9. The van der Waals surface area contributed by atoms with Crippen molar-refractivity contribution in [2.75, 3.05) is 19.6 Å². The highest BCUT2D eigenvalue weighted by Crippen LogP contribution is 2.18. The molecular formula is C26H53NO2. The first kappa shape index (κ1) is 28.4. The highest BCUT2D eigenvalue weighted by atomic mass is 16.4. The molecule has 0 heterocycles. The van der Waals surface area contributed by atoms with Gasteiger partial charge in [0.25, 0.3) is 0 Å². The highest BCUT2D eigenvalue weighted by molar-refractivity contribution is 5.69. The Bertz CT molecular complexity index is 333. The Morgan fingerprint density at radius 1 is 0.655 bits per heavy atom. The summed E-state index contributed by atoms with van der Waals surface area (Å²) in [7, 11) is 0. The zero-order valence-electron chi connectivity index (χ0n) is 20.4. The Morgan fingerprint density at radius 3 is 1.41 bits per heavy atom. The molecule has 3 heteroatoms. The molecule has 0 spiro atoms. The summed E-state index contributed by atoms with van der Waals surface area (Å²) in [5, 5.41) is 9.26. The number of aliphatic carboxylic acids is 1. The number of carboxylic acids is 1. The molecule has 0 aromatic rings. The van der Waals surface area contributed by atoms with E-state index in [2.05, 4.69) is 32.6 Å². The summed E-state index contributed by atoms with van der Waals surface area (Å²) in [6, 6.07) is 0. The average molecular weight is 412 g/mol. The Labute approximate surface area is 183 Å². The minimum atomic E-state index is -0.683. The molecule has 0 aliphatic rings. The van der Waals surface area contributed by atoms with Gasteiger partial charge in [0.15, 0.2) is 0 Å². The van der Waals surface area contributed by atoms with Crippen LogP contribution in [0.15, 0.2) is 0 Å². The number of unbranched alkanes of at least 4 members (excludes halogenated alkanes) is 10. The molecule has 3 nitrogen and oxygen atoms in total. The standard InChI is InChI=1S/C26H53NO2/c1-5-7-9-11-13-15-17-24(3)19-21-27(23-26(28)29)22-20-25(4)18-16-14-12-10-8-6-2/h24-25H,5-23H2,1-4H3,(H,28,29). The Morgan fingerprint density at radius 2 is 1.03 bits per heavy atom. The molecule has 1 N–H and O–H groups in total. The van der Waals surface area contributed by atoms with Crippen LogP contribution in [0.4, 0.5) is 0 Å². The second kappa shape index (κ2) is 20.7. The van der Waals surface area contributed by atoms with Crippen molar-refractivity contribution >= 4 is 5.97 Å². The smallest absolute Gasteiger partial charge is 0.317 e. The van der Waals surface area contributed by atoms with Crippen molar-refractivity contribution in [2.24, 2.45) is 11.8 Å². The monoisotopic (exact) mass is 411 g/mol. The lowest BCUT2D eigenvalue weighted by Gasteiger charge is -2.24. The molecule has 2 unspecified atom stereocenters. The van der Waals surface area contributed by atoms with Gasteiger partial charge in [0.05, 0.1) is 6.54 Å². The van der Waals surface area contributed by atoms with Gasteiger partial charge >= 0.3 is 5.97 Å². The largest absolute Gasteiger partial charge is 0.480 e. The van der Waals surface area contributed by atoms with Crippen molar-refractivity contribution in [2.45, 2.75) is 130 Å². The summed E-state index contributed by atoms with van der Waals surface area (Å²) in [5.41, 5.74) is 0. The highest BCUT2D eigenvalue weighted by Gasteiger charge is 2.13. The van der Waals surface area contributed by atoms with Crippen molar-refractivity contribution in [3.05, 3.63) is 0 Å². The SMILES string of the molecule is CCCCCCCCC(C)CCN(CCC(C)CCCCCCCC)CC(=O)O. The van der Waals surface area contributed by atoms with Crippen LogP contribution in [0.3, 0.4) is 0 Å². The lowest BCUT2D eigenvalue weighted by atomic mass is 9.97. The zero-order valence-corrected chi connectivity index (χ0v) is 20.4. The van der Waals surface area contributed by atoms with E-state index in [-0.39, 0.29) is 6.54 Å². The Kier molecular flexibility index (Phi) is 20.3. The molecule has 0 saturated carbocycles. The second-order valence-electron chi connectivity index (χ2n) is 9.57. The fraction of sp³-hybridized carbons (Fsp3) is 0.962. The van der Waals surface area contributed by atoms with Crippen LogP contribution in [0.2, 0.25) is 0 Å². The molecule has 0 fully saturated rings. The van der Waals surface area contributed by atoms with Crippen molar-refractivity contribution in [3.8, 4) is 0 Å². The van der Waals surface area contributed by atoms with Crippen molar-refractivity contribution in [1.82, 2.24) is 4.90 Å². The van der Waals surface area contributed by atoms with E-state index in [1.807, 2.05) is 0 Å². The first-order valence-corrected chi connectivity index (χ1v) is 12.9. The topological polar surface area (TPSA) is 40.5 Å². The van der Waals surface area contributed by atoms with Gasteiger partial charge in [-0.15, -0.1) is 0 Å². The van der Waals surface area contributed by atoms with E-state index >= 15 is 0 Å². The van der Waals surface area contributed by atoms with E-state index in [0.29, 0.717) is 11.8 Å². The molecule has 0 aliphatic carbocycles. The molecule has 0 amide bonds. The third-order valence-electron chi connectivity index (χ3n) is 6.34. The molecule has 0 radical (unpaired) electrons. The van der Waals surface area contributed by atoms with Gasteiger partial charge in [-0.25, -0.2) is 0 Å². The molecule has 0 saturated heterocycles. The van der Waals surface area contributed by atoms with Gasteiger partial charge in [-0.1, -0.05) is 118 Å². The predicted molar refractivity (Wildman–Crippen MR) is 128 cm³/mol. The number of rotatable bonds is 22. The molecule has 174 valence electrons. The normalized spacial score (nSPS) is 13.7. The lowest BCUT2D eigenvalue weighted by Crippen LogP contribution is -2.33. The van der Waals surface area contributed by atoms with Gasteiger partial charge in [0, 0.05) is 0 Å². The molecule has 29 heavy (non-hydrogen) atoms. The van der Waals surface area contributed by atoms with E-state index in [1.165, 1.54) is 89.9 Å². The summed E-state index contributed by atoms with van der Waals surface area (Å²) in [6.07, 6.45) is 21.1. The van der Waals surface area contributed by atoms with Crippen LogP contribution in [0.5, 0.6) is 0 Å². The molecule has 0 bridgehead atoms. The third-order valence-corrected chi connectivity index (χ3v) is 6.34. The van der Waals surface area contributed by atoms with E-state index in [9.17, 15) is 9.90 Å². The maximum absolute atomic E-state index is 11.3. The van der Waals surface area contributed by atoms with Gasteiger partial charge in [0.1, 0.15) is 0 Å². The molecule has 0 aliphatic heterocycles. The average Bonchev–Trinajstić information content (AvgIpc) is 2.69. The summed E-state index contributed by atoms with van der Waals surface area (Å²) in [5.74, 6) is 0.730. The minimum absolute atomic E-state index is 0.202. The van der Waals surface area contributed by atoms with Crippen LogP contribution in [0, 0.1) is 11.8 Å². The summed E-state index contributed by atoms with van der Waals surface area (Å²) in [6.45, 7) is 11.3. The maximum atomic E-state index is 11.3. The van der Waals surface area contributed by atoms with E-state index in [1.54, 1.807) is 0 Å². The zero-order chi connectivity index (χ0) is 21.7. The number of carbonyl (C=O) groups is 1. The summed E-state index contributed by atoms with van der Waals surface area (Å²) >= 11 is 0. The number of nitrogens with zero attached hydrogens (tertiary/aromatic N) is 1. The van der Waals surface area contributed by atoms with Gasteiger partial charge < -0.3 is 5.11 Å². The summed E-state index contributed by atoms with van der Waals surface area (Å²) < 4.78 is 0. The number of hydrogen-bond donors (Lipinski definition) is 1. The number of carboxylic acid groups (broad SMARTS) is 1. The third kappa shape index (κ3) is 20.5. The van der Waals surface area contributed by atoms with Crippen LogP contribution in [-0.4, -0.2) is 35.6 Å². The Balaban J connectivity index is 3.93. The molecule has 0 aromatic carbocycles. The summed E-state index contributed by atoms with van der Waals surface area (Å²) in [4.78, 5) is 13.4. The Hall–Kier alpha value is -0.570. The second-order valence-corrected chi connectivity index (χ2v) is 9.57. The maximum Gasteiger partial charge on any atom is 0.317 e. The van der Waals surface area contributed by atoms with Crippen LogP contribution in [0.1, 0.15) is 130 Å². The first-order chi connectivity index (χ1) is 14.0. The van der Waals surface area contributed by atoms with E-state index in [0.717, 1.165) is 25.9 Å². The van der Waals surface area contributed by atoms with Gasteiger partial charge in [-0.2, -0.15) is 0 Å². The van der Waals surface area contributed by atoms with Crippen LogP contribution in [-0.2, 0) is 4.79 Å². The lowest BCUT2D eigenvalue weighted by molar-refractivity contribution is -0.138. The quantitative estimate of drug-likeness (QED) is 0.184. The van der Waals surface area contributed by atoms with Crippen LogP contribution < -0.4 is 0 Å². The molecule has 0 rings (SSSR count). The van der Waals surface area contributed by atoms with E-state index in [4.69, 9.17) is 0 Å². The molecule has 0 aromatic heterocycles. The predicted octanol–water partition coefficient (Wildman–Crippen LogP) is 7.93. The van der Waals surface area contributed by atoms with Crippen molar-refractivity contribution in [3.63, 3.8) is 0 Å². The fourth-order valence-corrected chi connectivity index (χ4v) is 4.10. The molecular weight excluding hydrogens is 358 g/mol. The van der Waals surface area contributed by atoms with Gasteiger partial charge in [-0.05, 0) is 37.8 Å². The fourth-order valence-electron chi connectivity index (χ4n) is 4.10. The van der Waals surface area contributed by atoms with E-state index < -0.39 is 5.97 Å². The van der Waals surface area contributed by atoms with Gasteiger partial charge in [-0.3, -0.25) is 9.69 Å². The molecule has 2 atom stereocenters. The van der Waals surface area contributed by atoms with Crippen LogP contribution in [0.25, 0.3) is 0 Å².